The number of para-hydroxylation sites is 1. The SMILES string of the molecule is CC(C)c1c2n(c3ccccc13)CN(C)C(=O)C2. The molecule has 18 heavy (non-hydrogen) atoms. The van der Waals surface area contributed by atoms with E-state index in [0.29, 0.717) is 19.0 Å². The monoisotopic (exact) mass is 242 g/mol. The van der Waals surface area contributed by atoms with Crippen molar-refractivity contribution in [1.29, 1.82) is 0 Å². The zero-order valence-electron chi connectivity index (χ0n) is 11.1. The summed E-state index contributed by atoms with van der Waals surface area (Å²) in [5, 5.41) is 1.30. The molecule has 1 aliphatic heterocycles. The van der Waals surface area contributed by atoms with E-state index in [1.165, 1.54) is 22.2 Å². The van der Waals surface area contributed by atoms with Crippen LogP contribution in [0.15, 0.2) is 24.3 Å². The van der Waals surface area contributed by atoms with Gasteiger partial charge in [-0.05, 0) is 17.5 Å². The fourth-order valence-electron chi connectivity index (χ4n) is 2.95. The van der Waals surface area contributed by atoms with Crippen molar-refractivity contribution in [2.24, 2.45) is 0 Å². The minimum Gasteiger partial charge on any atom is -0.327 e. The molecular weight excluding hydrogens is 224 g/mol. The van der Waals surface area contributed by atoms with Gasteiger partial charge in [-0.25, -0.2) is 0 Å². The highest BCUT2D eigenvalue weighted by atomic mass is 16.2. The number of likely N-dealkylation sites (N-methyl/N-ethyl adjacent to an activating group) is 1. The summed E-state index contributed by atoms with van der Waals surface area (Å²) in [6, 6.07) is 8.46. The minimum atomic E-state index is 0.215. The molecule has 0 saturated heterocycles. The fourth-order valence-corrected chi connectivity index (χ4v) is 2.95. The zero-order valence-corrected chi connectivity index (χ0v) is 11.1. The summed E-state index contributed by atoms with van der Waals surface area (Å²) in [5.41, 5.74) is 3.79. The Bertz CT molecular complexity index is 625. The molecule has 1 aliphatic rings. The predicted octanol–water partition coefficient (Wildman–Crippen LogP) is 2.74. The molecule has 0 spiro atoms. The van der Waals surface area contributed by atoms with Crippen LogP contribution in [0.2, 0.25) is 0 Å². The average Bonchev–Trinajstić information content (AvgIpc) is 2.64. The van der Waals surface area contributed by atoms with Gasteiger partial charge in [0.1, 0.15) is 0 Å². The Morgan fingerprint density at radius 1 is 1.22 bits per heavy atom. The van der Waals surface area contributed by atoms with Crippen LogP contribution in [0.5, 0.6) is 0 Å². The highest BCUT2D eigenvalue weighted by Gasteiger charge is 2.26. The lowest BCUT2D eigenvalue weighted by molar-refractivity contribution is -0.132. The number of rotatable bonds is 1. The van der Waals surface area contributed by atoms with Gasteiger partial charge in [-0.1, -0.05) is 32.0 Å². The largest absolute Gasteiger partial charge is 0.327 e. The number of hydrogen-bond donors (Lipinski definition) is 0. The third kappa shape index (κ3) is 1.47. The van der Waals surface area contributed by atoms with Crippen molar-refractivity contribution in [3.05, 3.63) is 35.5 Å². The smallest absolute Gasteiger partial charge is 0.229 e. The van der Waals surface area contributed by atoms with Crippen molar-refractivity contribution in [3.8, 4) is 0 Å². The number of amides is 1. The standard InChI is InChI=1S/C15H18N2O/c1-10(2)15-11-6-4-5-7-12(11)17-9-16(3)14(18)8-13(15)17/h4-7,10H,8-9H2,1-3H3. The molecule has 1 aromatic carbocycles. The highest BCUT2D eigenvalue weighted by molar-refractivity contribution is 5.90. The maximum atomic E-state index is 11.9. The Kier molecular flexibility index (Phi) is 2.44. The van der Waals surface area contributed by atoms with E-state index in [1.807, 2.05) is 7.05 Å². The molecule has 3 heteroatoms. The molecule has 0 saturated carbocycles. The summed E-state index contributed by atoms with van der Waals surface area (Å²) < 4.78 is 2.28. The first-order valence-corrected chi connectivity index (χ1v) is 6.43. The van der Waals surface area contributed by atoms with Crippen LogP contribution in [0.4, 0.5) is 0 Å². The van der Waals surface area contributed by atoms with Crippen LogP contribution in [0, 0.1) is 0 Å². The summed E-state index contributed by atoms with van der Waals surface area (Å²) in [4.78, 5) is 13.7. The molecule has 0 atom stereocenters. The number of benzene rings is 1. The van der Waals surface area contributed by atoms with Crippen molar-refractivity contribution >= 4 is 16.8 Å². The van der Waals surface area contributed by atoms with Gasteiger partial charge in [0.25, 0.3) is 0 Å². The van der Waals surface area contributed by atoms with Gasteiger partial charge in [-0.2, -0.15) is 0 Å². The maximum absolute atomic E-state index is 11.9. The minimum absolute atomic E-state index is 0.215. The fraction of sp³-hybridized carbons (Fsp3) is 0.400. The lowest BCUT2D eigenvalue weighted by atomic mass is 9.97. The molecule has 0 unspecified atom stereocenters. The Hall–Kier alpha value is -1.77. The van der Waals surface area contributed by atoms with Gasteiger partial charge in [-0.3, -0.25) is 4.79 Å². The number of carbonyl (C=O) groups is 1. The second kappa shape index (κ2) is 3.87. The molecule has 94 valence electrons. The van der Waals surface area contributed by atoms with Gasteiger partial charge >= 0.3 is 0 Å². The van der Waals surface area contributed by atoms with Crippen LogP contribution in [-0.2, 0) is 17.9 Å². The molecule has 2 heterocycles. The Labute approximate surface area is 107 Å². The van der Waals surface area contributed by atoms with Crippen molar-refractivity contribution in [2.45, 2.75) is 32.9 Å². The van der Waals surface area contributed by atoms with E-state index < -0.39 is 0 Å². The van der Waals surface area contributed by atoms with Gasteiger partial charge in [0, 0.05) is 18.1 Å². The van der Waals surface area contributed by atoms with E-state index >= 15 is 0 Å². The molecule has 0 aliphatic carbocycles. The van der Waals surface area contributed by atoms with Crippen LogP contribution in [0.1, 0.15) is 31.0 Å². The number of hydrogen-bond acceptors (Lipinski definition) is 1. The van der Waals surface area contributed by atoms with Crippen LogP contribution < -0.4 is 0 Å². The molecular formula is C15H18N2O. The maximum Gasteiger partial charge on any atom is 0.229 e. The van der Waals surface area contributed by atoms with Crippen LogP contribution in [0.3, 0.4) is 0 Å². The van der Waals surface area contributed by atoms with Gasteiger partial charge in [0.2, 0.25) is 5.91 Å². The summed E-state index contributed by atoms with van der Waals surface area (Å²) in [6.45, 7) is 5.07. The predicted molar refractivity (Wildman–Crippen MR) is 72.5 cm³/mol. The quantitative estimate of drug-likeness (QED) is 0.755. The van der Waals surface area contributed by atoms with E-state index in [2.05, 4.69) is 42.7 Å². The molecule has 3 rings (SSSR count). The first kappa shape index (κ1) is 11.3. The van der Waals surface area contributed by atoms with E-state index in [1.54, 1.807) is 4.90 Å². The van der Waals surface area contributed by atoms with Crippen LogP contribution in [0.25, 0.3) is 10.9 Å². The van der Waals surface area contributed by atoms with Gasteiger partial charge in [0.05, 0.1) is 18.6 Å². The molecule has 2 aromatic rings. The van der Waals surface area contributed by atoms with Crippen LogP contribution in [-0.4, -0.2) is 22.4 Å². The number of fused-ring (bicyclic) bond motifs is 3. The summed E-state index contributed by atoms with van der Waals surface area (Å²) in [5.74, 6) is 0.662. The Morgan fingerprint density at radius 3 is 2.67 bits per heavy atom. The molecule has 0 radical (unpaired) electrons. The Morgan fingerprint density at radius 2 is 1.94 bits per heavy atom. The first-order chi connectivity index (χ1) is 8.59. The molecule has 1 aromatic heterocycles. The third-order valence-corrected chi connectivity index (χ3v) is 3.80. The second-order valence-corrected chi connectivity index (χ2v) is 5.37. The van der Waals surface area contributed by atoms with Crippen molar-refractivity contribution in [1.82, 2.24) is 9.47 Å². The topological polar surface area (TPSA) is 25.2 Å². The van der Waals surface area contributed by atoms with Crippen molar-refractivity contribution in [3.63, 3.8) is 0 Å². The lowest BCUT2D eigenvalue weighted by Crippen LogP contribution is -2.36. The second-order valence-electron chi connectivity index (χ2n) is 5.37. The van der Waals surface area contributed by atoms with Crippen LogP contribution >= 0.6 is 0 Å². The van der Waals surface area contributed by atoms with Gasteiger partial charge in [-0.15, -0.1) is 0 Å². The summed E-state index contributed by atoms with van der Waals surface area (Å²) >= 11 is 0. The van der Waals surface area contributed by atoms with Crippen molar-refractivity contribution < 1.29 is 4.79 Å². The Balaban J connectivity index is 2.33. The third-order valence-electron chi connectivity index (χ3n) is 3.80. The van der Waals surface area contributed by atoms with Gasteiger partial charge < -0.3 is 9.47 Å². The van der Waals surface area contributed by atoms with E-state index in [0.717, 1.165) is 0 Å². The average molecular weight is 242 g/mol. The van der Waals surface area contributed by atoms with E-state index in [-0.39, 0.29) is 5.91 Å². The number of aromatic nitrogens is 1. The van der Waals surface area contributed by atoms with Crippen molar-refractivity contribution in [2.75, 3.05) is 7.05 Å². The van der Waals surface area contributed by atoms with Gasteiger partial charge in [0.15, 0.2) is 0 Å². The first-order valence-electron chi connectivity index (χ1n) is 6.43. The molecule has 1 amide bonds. The number of nitrogens with zero attached hydrogens (tertiary/aromatic N) is 2. The summed E-state index contributed by atoms with van der Waals surface area (Å²) in [6.07, 6.45) is 0.526. The van der Waals surface area contributed by atoms with E-state index in [4.69, 9.17) is 0 Å². The van der Waals surface area contributed by atoms with E-state index in [9.17, 15) is 4.79 Å². The number of carbonyl (C=O) groups excluding carboxylic acids is 1. The molecule has 0 bridgehead atoms. The zero-order chi connectivity index (χ0) is 12.9. The lowest BCUT2D eigenvalue weighted by Gasteiger charge is -2.26. The highest BCUT2D eigenvalue weighted by Crippen LogP contribution is 2.34. The summed E-state index contributed by atoms with van der Waals surface area (Å²) in [7, 11) is 1.87. The molecule has 0 fully saturated rings. The molecule has 0 N–H and O–H groups in total. The normalized spacial score (nSPS) is 15.6. The molecule has 3 nitrogen and oxygen atoms in total.